The van der Waals surface area contributed by atoms with Crippen LogP contribution in [0.15, 0.2) is 34.9 Å². The van der Waals surface area contributed by atoms with Gasteiger partial charge in [-0.15, -0.1) is 0 Å². The van der Waals surface area contributed by atoms with E-state index in [0.29, 0.717) is 12.5 Å². The molecule has 4 nitrogen and oxygen atoms in total. The van der Waals surface area contributed by atoms with Crippen molar-refractivity contribution in [1.29, 1.82) is 0 Å². The molecule has 0 radical (unpaired) electrons. The summed E-state index contributed by atoms with van der Waals surface area (Å²) in [5.41, 5.74) is 1.06. The zero-order valence-electron chi connectivity index (χ0n) is 10.9. The van der Waals surface area contributed by atoms with Gasteiger partial charge in [-0.2, -0.15) is 4.98 Å². The second-order valence-electron chi connectivity index (χ2n) is 3.94. The zero-order chi connectivity index (χ0) is 13.7. The molecule has 0 N–H and O–H groups in total. The molecule has 0 spiro atoms. The van der Waals surface area contributed by atoms with Gasteiger partial charge in [0.1, 0.15) is 22.8 Å². The van der Waals surface area contributed by atoms with E-state index in [4.69, 9.17) is 9.47 Å². The lowest BCUT2D eigenvalue weighted by molar-refractivity contribution is 0.291. The predicted octanol–water partition coefficient (Wildman–Crippen LogP) is 3.39. The number of hydrogen-bond acceptors (Lipinski definition) is 4. The normalized spacial score (nSPS) is 10.3. The van der Waals surface area contributed by atoms with E-state index in [-0.39, 0.29) is 0 Å². The van der Waals surface area contributed by atoms with E-state index in [1.165, 1.54) is 0 Å². The molecule has 19 heavy (non-hydrogen) atoms. The van der Waals surface area contributed by atoms with Gasteiger partial charge in [0.05, 0.1) is 7.11 Å². The Balaban J connectivity index is 2.03. The Hall–Kier alpha value is -1.62. The maximum absolute atomic E-state index is 5.67. The van der Waals surface area contributed by atoms with E-state index in [2.05, 4.69) is 25.9 Å². The Morgan fingerprint density at radius 2 is 1.89 bits per heavy atom. The molecule has 0 saturated carbocycles. The summed E-state index contributed by atoms with van der Waals surface area (Å²) in [4.78, 5) is 8.55. The number of aromatic nitrogens is 2. The molecule has 5 heteroatoms. The second kappa shape index (κ2) is 6.52. The first kappa shape index (κ1) is 13.8. The highest BCUT2D eigenvalue weighted by Crippen LogP contribution is 2.17. The summed E-state index contributed by atoms with van der Waals surface area (Å²) in [6.45, 7) is 2.48. The molecule has 2 aromatic rings. The van der Waals surface area contributed by atoms with Gasteiger partial charge >= 0.3 is 0 Å². The topological polar surface area (TPSA) is 44.2 Å². The van der Waals surface area contributed by atoms with Gasteiger partial charge in [-0.1, -0.05) is 19.1 Å². The Morgan fingerprint density at radius 1 is 1.16 bits per heavy atom. The molecule has 1 aromatic heterocycles. The number of halogens is 1. The largest absolute Gasteiger partial charge is 0.497 e. The van der Waals surface area contributed by atoms with Crippen molar-refractivity contribution in [3.8, 4) is 11.6 Å². The number of hydrogen-bond donors (Lipinski definition) is 0. The fourth-order valence-corrected chi connectivity index (χ4v) is 1.95. The lowest BCUT2D eigenvalue weighted by atomic mass is 10.2. The zero-order valence-corrected chi connectivity index (χ0v) is 12.5. The van der Waals surface area contributed by atoms with Gasteiger partial charge in [-0.25, -0.2) is 4.98 Å². The van der Waals surface area contributed by atoms with Gasteiger partial charge in [0.2, 0.25) is 5.88 Å². The van der Waals surface area contributed by atoms with Crippen LogP contribution in [-0.4, -0.2) is 17.1 Å². The predicted molar refractivity (Wildman–Crippen MR) is 76.4 cm³/mol. The standard InChI is InChI=1S/C14H15BrN2O2/c1-3-13-16-12(15)8-14(17-13)19-9-10-4-6-11(18-2)7-5-10/h4-8H,3,9H2,1-2H3. The number of aryl methyl sites for hydroxylation is 1. The van der Waals surface area contributed by atoms with E-state index < -0.39 is 0 Å². The van der Waals surface area contributed by atoms with Crippen LogP contribution in [0.3, 0.4) is 0 Å². The average molecular weight is 323 g/mol. The third-order valence-corrected chi connectivity index (χ3v) is 2.99. The van der Waals surface area contributed by atoms with Crippen LogP contribution in [0.1, 0.15) is 18.3 Å². The van der Waals surface area contributed by atoms with Gasteiger partial charge in [0.15, 0.2) is 0 Å². The van der Waals surface area contributed by atoms with Gasteiger partial charge in [0, 0.05) is 12.5 Å². The summed E-state index contributed by atoms with van der Waals surface area (Å²) in [6.07, 6.45) is 0.776. The molecule has 1 heterocycles. The number of rotatable bonds is 5. The molecular weight excluding hydrogens is 308 g/mol. The molecule has 0 aliphatic carbocycles. The van der Waals surface area contributed by atoms with E-state index in [9.17, 15) is 0 Å². The smallest absolute Gasteiger partial charge is 0.218 e. The van der Waals surface area contributed by atoms with Gasteiger partial charge < -0.3 is 9.47 Å². The van der Waals surface area contributed by atoms with Gasteiger partial charge in [-0.05, 0) is 33.6 Å². The summed E-state index contributed by atoms with van der Waals surface area (Å²) < 4.78 is 11.5. The maximum atomic E-state index is 5.67. The summed E-state index contributed by atoms with van der Waals surface area (Å²) in [5, 5.41) is 0. The van der Waals surface area contributed by atoms with Crippen LogP contribution in [0, 0.1) is 0 Å². The highest BCUT2D eigenvalue weighted by atomic mass is 79.9. The SMILES string of the molecule is CCc1nc(Br)cc(OCc2ccc(OC)cc2)n1. The first-order chi connectivity index (χ1) is 9.21. The second-order valence-corrected chi connectivity index (χ2v) is 4.75. The molecule has 100 valence electrons. The summed E-state index contributed by atoms with van der Waals surface area (Å²) in [6, 6.07) is 9.52. The molecule has 1 aromatic carbocycles. The van der Waals surface area contributed by atoms with Crippen LogP contribution in [0.25, 0.3) is 0 Å². The van der Waals surface area contributed by atoms with E-state index in [1.807, 2.05) is 31.2 Å². The minimum Gasteiger partial charge on any atom is -0.497 e. The van der Waals surface area contributed by atoms with E-state index in [0.717, 1.165) is 28.2 Å². The van der Waals surface area contributed by atoms with Crippen molar-refractivity contribution in [2.24, 2.45) is 0 Å². The molecule has 2 rings (SSSR count). The summed E-state index contributed by atoms with van der Waals surface area (Å²) in [5.74, 6) is 2.18. The summed E-state index contributed by atoms with van der Waals surface area (Å²) >= 11 is 3.35. The number of ether oxygens (including phenoxy) is 2. The fourth-order valence-electron chi connectivity index (χ4n) is 1.55. The molecule has 0 amide bonds. The quantitative estimate of drug-likeness (QED) is 0.791. The lowest BCUT2D eigenvalue weighted by Gasteiger charge is -2.07. The summed E-state index contributed by atoms with van der Waals surface area (Å²) in [7, 11) is 1.65. The Kier molecular flexibility index (Phi) is 4.74. The number of benzene rings is 1. The van der Waals surface area contributed by atoms with Crippen LogP contribution < -0.4 is 9.47 Å². The van der Waals surface area contributed by atoms with E-state index in [1.54, 1.807) is 13.2 Å². The average Bonchev–Trinajstić information content (AvgIpc) is 2.45. The Bertz CT molecular complexity index is 544. The first-order valence-corrected chi connectivity index (χ1v) is 6.79. The van der Waals surface area contributed by atoms with Gasteiger partial charge in [0.25, 0.3) is 0 Å². The van der Waals surface area contributed by atoms with Crippen molar-refractivity contribution in [2.75, 3.05) is 7.11 Å². The minimum atomic E-state index is 0.469. The van der Waals surface area contributed by atoms with E-state index >= 15 is 0 Å². The first-order valence-electron chi connectivity index (χ1n) is 6.00. The van der Waals surface area contributed by atoms with Crippen LogP contribution in [0.4, 0.5) is 0 Å². The molecule has 0 aliphatic rings. The molecule has 0 saturated heterocycles. The highest BCUT2D eigenvalue weighted by Gasteiger charge is 2.03. The van der Waals surface area contributed by atoms with Crippen LogP contribution in [0.2, 0.25) is 0 Å². The molecule has 0 fully saturated rings. The molecule has 0 unspecified atom stereocenters. The Labute approximate surface area is 120 Å². The van der Waals surface area contributed by atoms with Crippen molar-refractivity contribution in [1.82, 2.24) is 9.97 Å². The van der Waals surface area contributed by atoms with Crippen molar-refractivity contribution in [2.45, 2.75) is 20.0 Å². The highest BCUT2D eigenvalue weighted by molar-refractivity contribution is 9.10. The van der Waals surface area contributed by atoms with Crippen molar-refractivity contribution >= 4 is 15.9 Å². The Morgan fingerprint density at radius 3 is 2.53 bits per heavy atom. The minimum absolute atomic E-state index is 0.469. The van der Waals surface area contributed by atoms with Crippen molar-refractivity contribution in [3.05, 3.63) is 46.3 Å². The number of methoxy groups -OCH3 is 1. The van der Waals surface area contributed by atoms with Gasteiger partial charge in [-0.3, -0.25) is 0 Å². The molecule has 0 bridgehead atoms. The van der Waals surface area contributed by atoms with Crippen molar-refractivity contribution < 1.29 is 9.47 Å². The van der Waals surface area contributed by atoms with Crippen LogP contribution >= 0.6 is 15.9 Å². The molecule has 0 aliphatic heterocycles. The molecular formula is C14H15BrN2O2. The van der Waals surface area contributed by atoms with Crippen LogP contribution in [-0.2, 0) is 13.0 Å². The fraction of sp³-hybridized carbons (Fsp3) is 0.286. The molecule has 0 atom stereocenters. The van der Waals surface area contributed by atoms with Crippen molar-refractivity contribution in [3.63, 3.8) is 0 Å². The third kappa shape index (κ3) is 3.92. The van der Waals surface area contributed by atoms with Crippen LogP contribution in [0.5, 0.6) is 11.6 Å². The number of nitrogens with zero attached hydrogens (tertiary/aromatic N) is 2. The third-order valence-electron chi connectivity index (χ3n) is 2.58. The maximum Gasteiger partial charge on any atom is 0.218 e. The lowest BCUT2D eigenvalue weighted by Crippen LogP contribution is -2.01. The monoisotopic (exact) mass is 322 g/mol.